The Labute approximate surface area is 157 Å². The molecule has 2 aromatic rings. The first-order valence-electron chi connectivity index (χ1n) is 7.93. The molecular weight excluding hydrogens is 356 g/mol. The van der Waals surface area contributed by atoms with E-state index >= 15 is 0 Å². The molecule has 1 atom stereocenters. The molecule has 2 rings (SSSR count). The van der Waals surface area contributed by atoms with E-state index in [4.69, 9.17) is 11.6 Å². The van der Waals surface area contributed by atoms with Gasteiger partial charge in [0.1, 0.15) is 6.04 Å². The van der Waals surface area contributed by atoms with Crippen molar-refractivity contribution in [1.29, 1.82) is 0 Å². The van der Waals surface area contributed by atoms with Gasteiger partial charge in [-0.1, -0.05) is 41.4 Å². The molecule has 2 N–H and O–H groups in total. The molecular formula is C19H21ClN2O2S. The van der Waals surface area contributed by atoms with E-state index in [1.54, 1.807) is 36.0 Å². The van der Waals surface area contributed by atoms with E-state index < -0.39 is 6.04 Å². The Morgan fingerprint density at radius 3 is 2.44 bits per heavy atom. The SMILES string of the molecule is CSCCC(NC(=O)c1ccccc1Cl)C(=O)Nc1ccc(C)cc1. The highest BCUT2D eigenvalue weighted by Gasteiger charge is 2.22. The van der Waals surface area contributed by atoms with Crippen LogP contribution < -0.4 is 10.6 Å². The van der Waals surface area contributed by atoms with Crippen molar-refractivity contribution in [2.75, 3.05) is 17.3 Å². The van der Waals surface area contributed by atoms with Gasteiger partial charge in [-0.3, -0.25) is 9.59 Å². The molecule has 132 valence electrons. The van der Waals surface area contributed by atoms with Crippen molar-refractivity contribution in [2.24, 2.45) is 0 Å². The Morgan fingerprint density at radius 1 is 1.12 bits per heavy atom. The number of anilines is 1. The highest BCUT2D eigenvalue weighted by Crippen LogP contribution is 2.16. The summed E-state index contributed by atoms with van der Waals surface area (Å²) in [4.78, 5) is 25.0. The lowest BCUT2D eigenvalue weighted by Gasteiger charge is -2.18. The normalized spacial score (nSPS) is 11.6. The Balaban J connectivity index is 2.09. The van der Waals surface area contributed by atoms with Gasteiger partial charge in [0, 0.05) is 5.69 Å². The van der Waals surface area contributed by atoms with E-state index in [2.05, 4.69) is 10.6 Å². The molecule has 0 saturated carbocycles. The van der Waals surface area contributed by atoms with Gasteiger partial charge >= 0.3 is 0 Å². The van der Waals surface area contributed by atoms with Gasteiger partial charge < -0.3 is 10.6 Å². The summed E-state index contributed by atoms with van der Waals surface area (Å²) in [5.74, 6) is 0.170. The van der Waals surface area contributed by atoms with Crippen LogP contribution in [-0.4, -0.2) is 29.9 Å². The zero-order chi connectivity index (χ0) is 18.2. The summed E-state index contributed by atoms with van der Waals surface area (Å²) in [6.07, 6.45) is 2.50. The number of hydrogen-bond acceptors (Lipinski definition) is 3. The van der Waals surface area contributed by atoms with Gasteiger partial charge in [0.05, 0.1) is 10.6 Å². The topological polar surface area (TPSA) is 58.2 Å². The Kier molecular flexibility index (Phi) is 7.34. The molecule has 0 spiro atoms. The molecule has 6 heteroatoms. The fourth-order valence-electron chi connectivity index (χ4n) is 2.25. The number of carbonyl (C=O) groups is 2. The number of thioether (sulfide) groups is 1. The number of aryl methyl sites for hydroxylation is 1. The molecule has 0 bridgehead atoms. The second-order valence-electron chi connectivity index (χ2n) is 5.64. The summed E-state index contributed by atoms with van der Waals surface area (Å²) in [7, 11) is 0. The van der Waals surface area contributed by atoms with Crippen molar-refractivity contribution in [3.05, 3.63) is 64.7 Å². The molecule has 0 fully saturated rings. The monoisotopic (exact) mass is 376 g/mol. The average Bonchev–Trinajstić information content (AvgIpc) is 2.60. The van der Waals surface area contributed by atoms with Gasteiger partial charge in [-0.25, -0.2) is 0 Å². The number of nitrogens with one attached hydrogen (secondary N) is 2. The van der Waals surface area contributed by atoms with Crippen LogP contribution in [0.5, 0.6) is 0 Å². The highest BCUT2D eigenvalue weighted by molar-refractivity contribution is 7.98. The first-order chi connectivity index (χ1) is 12.0. The summed E-state index contributed by atoms with van der Waals surface area (Å²) >= 11 is 7.69. The summed E-state index contributed by atoms with van der Waals surface area (Å²) in [6.45, 7) is 1.98. The third-order valence-corrected chi connectivity index (χ3v) is 4.64. The quantitative estimate of drug-likeness (QED) is 0.763. The second kappa shape index (κ2) is 9.49. The smallest absolute Gasteiger partial charge is 0.253 e. The molecule has 0 aliphatic rings. The number of rotatable bonds is 7. The van der Waals surface area contributed by atoms with Gasteiger partial charge in [-0.05, 0) is 49.6 Å². The third-order valence-electron chi connectivity index (χ3n) is 3.67. The minimum absolute atomic E-state index is 0.238. The molecule has 0 saturated heterocycles. The summed E-state index contributed by atoms with van der Waals surface area (Å²) in [5, 5.41) is 6.01. The minimum atomic E-state index is -0.627. The predicted molar refractivity (Wildman–Crippen MR) is 106 cm³/mol. The average molecular weight is 377 g/mol. The van der Waals surface area contributed by atoms with Crippen molar-refractivity contribution in [1.82, 2.24) is 5.32 Å². The van der Waals surface area contributed by atoms with Crippen LogP contribution in [0, 0.1) is 6.92 Å². The Morgan fingerprint density at radius 2 is 1.80 bits per heavy atom. The van der Waals surface area contributed by atoms with Gasteiger partial charge in [-0.15, -0.1) is 0 Å². The summed E-state index contributed by atoms with van der Waals surface area (Å²) in [5.41, 5.74) is 2.18. The Hall–Kier alpha value is -1.98. The molecule has 4 nitrogen and oxygen atoms in total. The summed E-state index contributed by atoms with van der Waals surface area (Å²) < 4.78 is 0. The molecule has 0 aromatic heterocycles. The van der Waals surface area contributed by atoms with Gasteiger partial charge in [-0.2, -0.15) is 11.8 Å². The van der Waals surface area contributed by atoms with Crippen LogP contribution in [0.1, 0.15) is 22.3 Å². The number of benzene rings is 2. The lowest BCUT2D eigenvalue weighted by atomic mass is 10.1. The Bertz CT molecular complexity index is 734. The van der Waals surface area contributed by atoms with Crippen molar-refractivity contribution < 1.29 is 9.59 Å². The van der Waals surface area contributed by atoms with Crippen molar-refractivity contribution in [2.45, 2.75) is 19.4 Å². The van der Waals surface area contributed by atoms with E-state index in [1.807, 2.05) is 37.4 Å². The predicted octanol–water partition coefficient (Wildman–Crippen LogP) is 4.14. The molecule has 0 aliphatic heterocycles. The van der Waals surface area contributed by atoms with E-state index in [1.165, 1.54) is 0 Å². The van der Waals surface area contributed by atoms with Crippen molar-refractivity contribution in [3.8, 4) is 0 Å². The zero-order valence-corrected chi connectivity index (χ0v) is 15.8. The number of halogens is 1. The van der Waals surface area contributed by atoms with Crippen LogP contribution in [-0.2, 0) is 4.79 Å². The van der Waals surface area contributed by atoms with Gasteiger partial charge in [0.2, 0.25) is 5.91 Å². The molecule has 25 heavy (non-hydrogen) atoms. The van der Waals surface area contributed by atoms with E-state index in [9.17, 15) is 9.59 Å². The van der Waals surface area contributed by atoms with Crippen LogP contribution in [0.2, 0.25) is 5.02 Å². The van der Waals surface area contributed by atoms with Crippen LogP contribution in [0.25, 0.3) is 0 Å². The first-order valence-corrected chi connectivity index (χ1v) is 9.70. The molecule has 2 aromatic carbocycles. The third kappa shape index (κ3) is 5.80. The maximum Gasteiger partial charge on any atom is 0.253 e. The van der Waals surface area contributed by atoms with Gasteiger partial charge in [0.15, 0.2) is 0 Å². The first kappa shape index (κ1) is 19.3. The summed E-state index contributed by atoms with van der Waals surface area (Å²) in [6, 6.07) is 13.7. The van der Waals surface area contributed by atoms with Crippen LogP contribution >= 0.6 is 23.4 Å². The largest absolute Gasteiger partial charge is 0.340 e. The van der Waals surface area contributed by atoms with Gasteiger partial charge in [0.25, 0.3) is 5.91 Å². The fraction of sp³-hybridized carbons (Fsp3) is 0.263. The number of hydrogen-bond donors (Lipinski definition) is 2. The standard InChI is InChI=1S/C19H21ClN2O2S/c1-13-7-9-14(10-8-13)21-19(24)17(11-12-25-2)22-18(23)15-5-3-4-6-16(15)20/h3-10,17H,11-12H2,1-2H3,(H,21,24)(H,22,23). The molecule has 0 radical (unpaired) electrons. The zero-order valence-electron chi connectivity index (χ0n) is 14.2. The molecule has 0 aliphatic carbocycles. The molecule has 2 amide bonds. The van der Waals surface area contributed by atoms with Crippen LogP contribution in [0.3, 0.4) is 0 Å². The number of amides is 2. The number of carbonyl (C=O) groups excluding carboxylic acids is 2. The maximum absolute atomic E-state index is 12.6. The van der Waals surface area contributed by atoms with Crippen molar-refractivity contribution >= 4 is 40.9 Å². The lowest BCUT2D eigenvalue weighted by Crippen LogP contribution is -2.44. The highest BCUT2D eigenvalue weighted by atomic mass is 35.5. The van der Waals surface area contributed by atoms with E-state index in [-0.39, 0.29) is 11.8 Å². The van der Waals surface area contributed by atoms with Crippen LogP contribution in [0.4, 0.5) is 5.69 Å². The van der Waals surface area contributed by atoms with Crippen LogP contribution in [0.15, 0.2) is 48.5 Å². The van der Waals surface area contributed by atoms with E-state index in [0.717, 1.165) is 11.3 Å². The minimum Gasteiger partial charge on any atom is -0.340 e. The fourth-order valence-corrected chi connectivity index (χ4v) is 2.95. The maximum atomic E-state index is 12.6. The molecule has 1 unspecified atom stereocenters. The lowest BCUT2D eigenvalue weighted by molar-refractivity contribution is -0.118. The van der Waals surface area contributed by atoms with Crippen molar-refractivity contribution in [3.63, 3.8) is 0 Å². The molecule has 0 heterocycles. The van der Waals surface area contributed by atoms with E-state index in [0.29, 0.717) is 22.7 Å². The second-order valence-corrected chi connectivity index (χ2v) is 7.04.